The number of ether oxygens (including phenoxy) is 2. The van der Waals surface area contributed by atoms with Crippen molar-refractivity contribution in [2.75, 3.05) is 6.79 Å². The van der Waals surface area contributed by atoms with Gasteiger partial charge in [-0.1, -0.05) is 18.2 Å². The molecule has 3 rings (SSSR count). The van der Waals surface area contributed by atoms with E-state index in [2.05, 4.69) is 15.6 Å². The molecule has 0 bridgehead atoms. The fourth-order valence-electron chi connectivity index (χ4n) is 2.30. The van der Waals surface area contributed by atoms with Crippen LogP contribution < -0.4 is 25.8 Å². The molecule has 1 aliphatic heterocycles. The Hall–Kier alpha value is -2.93. The highest BCUT2D eigenvalue weighted by molar-refractivity contribution is 5.97. The Balaban J connectivity index is 0.00000225. The topological polar surface area (TPSA) is 105 Å². The third-order valence-electron chi connectivity index (χ3n) is 3.39. The first-order valence-corrected chi connectivity index (χ1v) is 7.49. The van der Waals surface area contributed by atoms with Gasteiger partial charge in [0.25, 0.3) is 0 Å². The van der Waals surface area contributed by atoms with Crippen LogP contribution in [0.5, 0.6) is 11.5 Å². The maximum atomic E-state index is 7.43. The summed E-state index contributed by atoms with van der Waals surface area (Å²) in [5, 5.41) is 13.3. The standard InChI is InChI=1S/C17H19N5O2.ClH/c1-11-3-2-4-13(7-11)21-17(22-16(18)19)20-9-12-5-6-14-15(8-12)24-10-23-14;/h2-8H,9-10H2,1H3,(H5,18,19,20,21,22);1H. The van der Waals surface area contributed by atoms with Gasteiger partial charge in [-0.3, -0.25) is 10.7 Å². The van der Waals surface area contributed by atoms with Crippen LogP contribution in [-0.2, 0) is 6.54 Å². The number of benzene rings is 2. The molecule has 2 aromatic rings. The van der Waals surface area contributed by atoms with Crippen molar-refractivity contribution in [2.24, 2.45) is 10.7 Å². The molecule has 0 unspecified atom stereocenters. The molecule has 0 spiro atoms. The Labute approximate surface area is 152 Å². The fraction of sp³-hybridized carbons (Fsp3) is 0.176. The first-order chi connectivity index (χ1) is 11.6. The van der Waals surface area contributed by atoms with E-state index in [4.69, 9.17) is 20.6 Å². The molecule has 132 valence electrons. The number of fused-ring (bicyclic) bond motifs is 1. The van der Waals surface area contributed by atoms with Crippen molar-refractivity contribution in [3.63, 3.8) is 0 Å². The van der Waals surface area contributed by atoms with Crippen molar-refractivity contribution in [2.45, 2.75) is 13.5 Å². The summed E-state index contributed by atoms with van der Waals surface area (Å²) < 4.78 is 10.7. The predicted octanol–water partition coefficient (Wildman–Crippen LogP) is 2.41. The number of halogens is 1. The molecule has 1 aliphatic rings. The lowest BCUT2D eigenvalue weighted by molar-refractivity contribution is 0.174. The second-order valence-corrected chi connectivity index (χ2v) is 5.38. The molecular formula is C17H20ClN5O2. The Morgan fingerprint density at radius 3 is 2.76 bits per heavy atom. The number of aryl methyl sites for hydroxylation is 1. The molecule has 8 heteroatoms. The van der Waals surface area contributed by atoms with Crippen LogP contribution in [0.2, 0.25) is 0 Å². The normalized spacial score (nSPS) is 12.3. The van der Waals surface area contributed by atoms with Gasteiger partial charge in [-0.15, -0.1) is 12.4 Å². The number of aliphatic imine (C=N–C) groups is 1. The van der Waals surface area contributed by atoms with Crippen molar-refractivity contribution in [3.8, 4) is 11.5 Å². The number of hydrogen-bond donors (Lipinski definition) is 4. The average molecular weight is 362 g/mol. The van der Waals surface area contributed by atoms with Crippen LogP contribution >= 0.6 is 12.4 Å². The van der Waals surface area contributed by atoms with Crippen molar-refractivity contribution in [1.82, 2.24) is 10.6 Å². The Kier molecular flexibility index (Phi) is 6.08. The first kappa shape index (κ1) is 18.4. The van der Waals surface area contributed by atoms with Gasteiger partial charge in [-0.05, 0) is 42.3 Å². The summed E-state index contributed by atoms with van der Waals surface area (Å²) in [5.41, 5.74) is 8.32. The van der Waals surface area contributed by atoms with Gasteiger partial charge in [0.2, 0.25) is 12.8 Å². The van der Waals surface area contributed by atoms with Crippen LogP contribution in [0.1, 0.15) is 11.1 Å². The molecule has 0 atom stereocenters. The van der Waals surface area contributed by atoms with Crippen LogP contribution in [0, 0.1) is 12.3 Å². The van der Waals surface area contributed by atoms with E-state index in [1.807, 2.05) is 49.4 Å². The van der Waals surface area contributed by atoms with Crippen molar-refractivity contribution in [3.05, 3.63) is 53.6 Å². The van der Waals surface area contributed by atoms with Gasteiger partial charge in [0, 0.05) is 6.54 Å². The smallest absolute Gasteiger partial charge is 0.231 e. The predicted molar refractivity (Wildman–Crippen MR) is 100.0 cm³/mol. The number of hydrogen-bond acceptors (Lipinski definition) is 4. The van der Waals surface area contributed by atoms with Gasteiger partial charge in [0.15, 0.2) is 17.5 Å². The summed E-state index contributed by atoms with van der Waals surface area (Å²) in [6.45, 7) is 2.75. The lowest BCUT2D eigenvalue weighted by Crippen LogP contribution is -2.43. The van der Waals surface area contributed by atoms with E-state index in [1.54, 1.807) is 0 Å². The Bertz CT molecular complexity index is 794. The molecule has 0 fully saturated rings. The maximum absolute atomic E-state index is 7.43. The molecule has 7 nitrogen and oxygen atoms in total. The molecule has 2 aromatic carbocycles. The summed E-state index contributed by atoms with van der Waals surface area (Å²) >= 11 is 0. The van der Waals surface area contributed by atoms with Crippen molar-refractivity contribution >= 4 is 30.0 Å². The van der Waals surface area contributed by atoms with Crippen LogP contribution in [0.25, 0.3) is 0 Å². The zero-order chi connectivity index (χ0) is 16.9. The third kappa shape index (κ3) is 5.02. The number of guanidine groups is 2. The van der Waals surface area contributed by atoms with Gasteiger partial charge in [0.05, 0.1) is 5.69 Å². The minimum Gasteiger partial charge on any atom is -0.454 e. The third-order valence-corrected chi connectivity index (χ3v) is 3.39. The fourth-order valence-corrected chi connectivity index (χ4v) is 2.30. The van der Waals surface area contributed by atoms with E-state index in [1.165, 1.54) is 0 Å². The van der Waals surface area contributed by atoms with E-state index in [0.717, 1.165) is 28.3 Å². The number of rotatable bonds is 3. The lowest BCUT2D eigenvalue weighted by Gasteiger charge is -2.12. The molecule has 0 saturated carbocycles. The van der Waals surface area contributed by atoms with Gasteiger partial charge < -0.3 is 20.5 Å². The molecule has 0 saturated heterocycles. The summed E-state index contributed by atoms with van der Waals surface area (Å²) in [6.07, 6.45) is 0. The monoisotopic (exact) mass is 361 g/mol. The van der Waals surface area contributed by atoms with E-state index < -0.39 is 0 Å². The molecule has 0 aliphatic carbocycles. The van der Waals surface area contributed by atoms with Crippen molar-refractivity contribution < 1.29 is 9.47 Å². The van der Waals surface area contributed by atoms with Gasteiger partial charge in [0.1, 0.15) is 0 Å². The van der Waals surface area contributed by atoms with Gasteiger partial charge >= 0.3 is 0 Å². The number of nitrogens with two attached hydrogens (primary N) is 1. The van der Waals surface area contributed by atoms with Crippen LogP contribution in [0.4, 0.5) is 5.69 Å². The first-order valence-electron chi connectivity index (χ1n) is 7.49. The summed E-state index contributed by atoms with van der Waals surface area (Å²) in [5.74, 6) is 1.70. The summed E-state index contributed by atoms with van der Waals surface area (Å²) in [4.78, 5) is 4.46. The van der Waals surface area contributed by atoms with E-state index in [-0.39, 0.29) is 25.2 Å². The lowest BCUT2D eigenvalue weighted by atomic mass is 10.2. The number of nitrogens with zero attached hydrogens (tertiary/aromatic N) is 1. The average Bonchev–Trinajstić information content (AvgIpc) is 3.00. The summed E-state index contributed by atoms with van der Waals surface area (Å²) in [6, 6.07) is 13.5. The minimum absolute atomic E-state index is 0. The quantitative estimate of drug-likeness (QED) is 0.496. The Morgan fingerprint density at radius 2 is 2.00 bits per heavy atom. The number of nitrogens with one attached hydrogen (secondary N) is 3. The molecule has 25 heavy (non-hydrogen) atoms. The SMILES string of the molecule is Cc1cccc(N=C(NCc2ccc3c(c2)OCO3)NC(=N)N)c1.Cl. The zero-order valence-electron chi connectivity index (χ0n) is 13.7. The molecule has 1 heterocycles. The minimum atomic E-state index is -0.181. The van der Waals surface area contributed by atoms with E-state index >= 15 is 0 Å². The highest BCUT2D eigenvalue weighted by Crippen LogP contribution is 2.32. The molecule has 0 radical (unpaired) electrons. The second kappa shape index (κ2) is 8.25. The highest BCUT2D eigenvalue weighted by Gasteiger charge is 2.13. The Morgan fingerprint density at radius 1 is 1.20 bits per heavy atom. The largest absolute Gasteiger partial charge is 0.454 e. The molecule has 5 N–H and O–H groups in total. The van der Waals surface area contributed by atoms with Crippen LogP contribution in [-0.4, -0.2) is 18.7 Å². The molecular weight excluding hydrogens is 342 g/mol. The van der Waals surface area contributed by atoms with Gasteiger partial charge in [-0.2, -0.15) is 0 Å². The van der Waals surface area contributed by atoms with E-state index in [9.17, 15) is 0 Å². The van der Waals surface area contributed by atoms with E-state index in [0.29, 0.717) is 12.5 Å². The highest BCUT2D eigenvalue weighted by atomic mass is 35.5. The van der Waals surface area contributed by atoms with Crippen molar-refractivity contribution in [1.29, 1.82) is 5.41 Å². The second-order valence-electron chi connectivity index (χ2n) is 5.38. The van der Waals surface area contributed by atoms with Crippen LogP contribution in [0.15, 0.2) is 47.5 Å². The maximum Gasteiger partial charge on any atom is 0.231 e. The zero-order valence-corrected chi connectivity index (χ0v) is 14.5. The van der Waals surface area contributed by atoms with Crippen LogP contribution in [0.3, 0.4) is 0 Å². The van der Waals surface area contributed by atoms with Gasteiger partial charge in [-0.25, -0.2) is 4.99 Å². The molecule has 0 aromatic heterocycles. The molecule has 0 amide bonds. The summed E-state index contributed by atoms with van der Waals surface area (Å²) in [7, 11) is 0.